The third kappa shape index (κ3) is 5.80. The van der Waals surface area contributed by atoms with Gasteiger partial charge in [-0.15, -0.1) is 0 Å². The minimum Gasteiger partial charge on any atom is -0.364 e. The SMILES string of the molecule is CCOC(N)CC(C)C. The molecule has 0 radical (unpaired) electrons. The monoisotopic (exact) mass is 131 g/mol. The van der Waals surface area contributed by atoms with Gasteiger partial charge in [-0.2, -0.15) is 0 Å². The molecule has 0 aliphatic rings. The second kappa shape index (κ2) is 4.77. The van der Waals surface area contributed by atoms with Gasteiger partial charge in [-0.3, -0.25) is 0 Å². The fourth-order valence-electron chi connectivity index (χ4n) is 0.747. The highest BCUT2D eigenvalue weighted by Crippen LogP contribution is 2.02. The lowest BCUT2D eigenvalue weighted by Gasteiger charge is -2.12. The molecule has 1 unspecified atom stereocenters. The largest absolute Gasteiger partial charge is 0.364 e. The van der Waals surface area contributed by atoms with Crippen LogP contribution in [0.2, 0.25) is 0 Å². The van der Waals surface area contributed by atoms with Crippen molar-refractivity contribution in [3.63, 3.8) is 0 Å². The van der Waals surface area contributed by atoms with Gasteiger partial charge in [0.2, 0.25) is 0 Å². The van der Waals surface area contributed by atoms with Crippen molar-refractivity contribution in [2.45, 2.75) is 33.4 Å². The molecular weight excluding hydrogens is 114 g/mol. The Labute approximate surface area is 57.4 Å². The van der Waals surface area contributed by atoms with E-state index >= 15 is 0 Å². The summed E-state index contributed by atoms with van der Waals surface area (Å²) in [6, 6.07) is 0. The predicted molar refractivity (Wildman–Crippen MR) is 39.1 cm³/mol. The highest BCUT2D eigenvalue weighted by molar-refractivity contribution is 4.51. The van der Waals surface area contributed by atoms with E-state index in [2.05, 4.69) is 13.8 Å². The summed E-state index contributed by atoms with van der Waals surface area (Å²) in [4.78, 5) is 0. The van der Waals surface area contributed by atoms with Crippen molar-refractivity contribution in [3.05, 3.63) is 0 Å². The molecule has 0 aliphatic carbocycles. The summed E-state index contributed by atoms with van der Waals surface area (Å²) >= 11 is 0. The Bertz CT molecular complexity index is 63.9. The molecule has 0 saturated carbocycles. The quantitative estimate of drug-likeness (QED) is 0.584. The number of rotatable bonds is 4. The van der Waals surface area contributed by atoms with Gasteiger partial charge in [0.1, 0.15) is 6.23 Å². The Hall–Kier alpha value is -0.0800. The Morgan fingerprint density at radius 1 is 1.44 bits per heavy atom. The third-order valence-corrected chi connectivity index (χ3v) is 1.08. The maximum Gasteiger partial charge on any atom is 0.105 e. The summed E-state index contributed by atoms with van der Waals surface area (Å²) in [5.41, 5.74) is 5.56. The molecule has 0 aromatic heterocycles. The van der Waals surface area contributed by atoms with Crippen LogP contribution in [0.5, 0.6) is 0 Å². The van der Waals surface area contributed by atoms with E-state index in [9.17, 15) is 0 Å². The lowest BCUT2D eigenvalue weighted by atomic mass is 10.1. The zero-order chi connectivity index (χ0) is 7.28. The maximum atomic E-state index is 5.56. The topological polar surface area (TPSA) is 35.2 Å². The molecule has 0 aromatic carbocycles. The first-order valence-electron chi connectivity index (χ1n) is 3.54. The molecule has 0 rings (SSSR count). The van der Waals surface area contributed by atoms with Crippen LogP contribution in [0.15, 0.2) is 0 Å². The molecule has 0 aliphatic heterocycles. The lowest BCUT2D eigenvalue weighted by Crippen LogP contribution is -2.25. The fraction of sp³-hybridized carbons (Fsp3) is 1.00. The number of nitrogens with two attached hydrogens (primary N) is 1. The zero-order valence-corrected chi connectivity index (χ0v) is 6.55. The van der Waals surface area contributed by atoms with E-state index in [0.29, 0.717) is 12.5 Å². The first-order chi connectivity index (χ1) is 4.16. The van der Waals surface area contributed by atoms with Crippen LogP contribution in [0.3, 0.4) is 0 Å². The van der Waals surface area contributed by atoms with Gasteiger partial charge in [0.15, 0.2) is 0 Å². The van der Waals surface area contributed by atoms with E-state index in [0.717, 1.165) is 6.42 Å². The number of ether oxygens (including phenoxy) is 1. The lowest BCUT2D eigenvalue weighted by molar-refractivity contribution is 0.0529. The Morgan fingerprint density at radius 2 is 2.00 bits per heavy atom. The summed E-state index contributed by atoms with van der Waals surface area (Å²) in [5.74, 6) is 0.631. The van der Waals surface area contributed by atoms with Gasteiger partial charge in [-0.1, -0.05) is 13.8 Å². The zero-order valence-electron chi connectivity index (χ0n) is 6.55. The third-order valence-electron chi connectivity index (χ3n) is 1.08. The molecule has 56 valence electrons. The van der Waals surface area contributed by atoms with Crippen LogP contribution in [0.4, 0.5) is 0 Å². The summed E-state index contributed by atoms with van der Waals surface area (Å²) in [5, 5.41) is 0. The first kappa shape index (κ1) is 8.92. The molecule has 0 amide bonds. The maximum absolute atomic E-state index is 5.56. The molecule has 0 heterocycles. The average Bonchev–Trinajstić information content (AvgIpc) is 1.63. The summed E-state index contributed by atoms with van der Waals surface area (Å²) < 4.78 is 5.13. The predicted octanol–water partition coefficient (Wildman–Crippen LogP) is 1.35. The average molecular weight is 131 g/mol. The van der Waals surface area contributed by atoms with Gasteiger partial charge in [0.05, 0.1) is 0 Å². The normalized spacial score (nSPS) is 14.3. The van der Waals surface area contributed by atoms with E-state index in [1.54, 1.807) is 0 Å². The minimum atomic E-state index is -0.0602. The van der Waals surface area contributed by atoms with Gasteiger partial charge < -0.3 is 10.5 Å². The molecule has 9 heavy (non-hydrogen) atoms. The molecule has 0 spiro atoms. The Morgan fingerprint density at radius 3 is 2.33 bits per heavy atom. The summed E-state index contributed by atoms with van der Waals surface area (Å²) in [7, 11) is 0. The molecular formula is C7H17NO. The highest BCUT2D eigenvalue weighted by atomic mass is 16.5. The van der Waals surface area contributed by atoms with Crippen molar-refractivity contribution in [2.24, 2.45) is 11.7 Å². The smallest absolute Gasteiger partial charge is 0.105 e. The van der Waals surface area contributed by atoms with Gasteiger partial charge in [-0.05, 0) is 19.3 Å². The standard InChI is InChI=1S/C7H17NO/c1-4-9-7(8)5-6(2)3/h6-7H,4-5,8H2,1-3H3. The van der Waals surface area contributed by atoms with Gasteiger partial charge in [0, 0.05) is 6.61 Å². The summed E-state index contributed by atoms with van der Waals surface area (Å²) in [6.45, 7) is 6.95. The molecule has 1 atom stereocenters. The number of hydrogen-bond donors (Lipinski definition) is 1. The Balaban J connectivity index is 3.15. The van der Waals surface area contributed by atoms with Crippen molar-refractivity contribution in [1.82, 2.24) is 0 Å². The Kier molecular flexibility index (Phi) is 4.72. The molecule has 0 saturated heterocycles. The van der Waals surface area contributed by atoms with E-state index < -0.39 is 0 Å². The second-order valence-electron chi connectivity index (χ2n) is 2.62. The van der Waals surface area contributed by atoms with Gasteiger partial charge in [-0.25, -0.2) is 0 Å². The van der Waals surface area contributed by atoms with Crippen molar-refractivity contribution >= 4 is 0 Å². The van der Waals surface area contributed by atoms with Crippen molar-refractivity contribution in [2.75, 3.05) is 6.61 Å². The molecule has 2 heteroatoms. The van der Waals surface area contributed by atoms with E-state index in [-0.39, 0.29) is 6.23 Å². The molecule has 2 N–H and O–H groups in total. The van der Waals surface area contributed by atoms with Crippen molar-refractivity contribution in [3.8, 4) is 0 Å². The first-order valence-corrected chi connectivity index (χ1v) is 3.54. The van der Waals surface area contributed by atoms with E-state index in [4.69, 9.17) is 10.5 Å². The minimum absolute atomic E-state index is 0.0602. The molecule has 2 nitrogen and oxygen atoms in total. The van der Waals surface area contributed by atoms with Gasteiger partial charge >= 0.3 is 0 Å². The fourth-order valence-corrected chi connectivity index (χ4v) is 0.747. The second-order valence-corrected chi connectivity index (χ2v) is 2.62. The highest BCUT2D eigenvalue weighted by Gasteiger charge is 2.02. The summed E-state index contributed by atoms with van der Waals surface area (Å²) in [6.07, 6.45) is 0.892. The molecule has 0 fully saturated rings. The van der Waals surface area contributed by atoms with E-state index in [1.807, 2.05) is 6.92 Å². The number of hydrogen-bond acceptors (Lipinski definition) is 2. The van der Waals surface area contributed by atoms with Crippen LogP contribution in [-0.4, -0.2) is 12.8 Å². The molecule has 0 bridgehead atoms. The van der Waals surface area contributed by atoms with Crippen molar-refractivity contribution < 1.29 is 4.74 Å². The van der Waals surface area contributed by atoms with E-state index in [1.165, 1.54) is 0 Å². The van der Waals surface area contributed by atoms with Crippen LogP contribution in [0, 0.1) is 5.92 Å². The van der Waals surface area contributed by atoms with Crippen LogP contribution < -0.4 is 5.73 Å². The van der Waals surface area contributed by atoms with Crippen LogP contribution in [0.25, 0.3) is 0 Å². The molecule has 0 aromatic rings. The van der Waals surface area contributed by atoms with Gasteiger partial charge in [0.25, 0.3) is 0 Å². The van der Waals surface area contributed by atoms with Crippen molar-refractivity contribution in [1.29, 1.82) is 0 Å². The van der Waals surface area contributed by atoms with Crippen LogP contribution in [-0.2, 0) is 4.74 Å². The van der Waals surface area contributed by atoms with Crippen LogP contribution >= 0.6 is 0 Å². The van der Waals surface area contributed by atoms with Crippen LogP contribution in [0.1, 0.15) is 27.2 Å².